The minimum absolute atomic E-state index is 0. The second-order valence-corrected chi connectivity index (χ2v) is 6.67. The van der Waals surface area contributed by atoms with Gasteiger partial charge in [0.1, 0.15) is 5.82 Å². The molecule has 3 rings (SSSR count). The summed E-state index contributed by atoms with van der Waals surface area (Å²) >= 11 is 6.30. The first-order chi connectivity index (χ1) is 12.6. The van der Waals surface area contributed by atoms with E-state index in [1.165, 1.54) is 23.2 Å². The van der Waals surface area contributed by atoms with Crippen molar-refractivity contribution in [2.24, 2.45) is 0 Å². The van der Waals surface area contributed by atoms with Crippen molar-refractivity contribution in [2.45, 2.75) is 19.0 Å². The van der Waals surface area contributed by atoms with Gasteiger partial charge in [-0.25, -0.2) is 10.5 Å². The van der Waals surface area contributed by atoms with Crippen LogP contribution in [0.2, 0.25) is 5.02 Å². The van der Waals surface area contributed by atoms with Gasteiger partial charge in [-0.15, -0.1) is 24.8 Å². The van der Waals surface area contributed by atoms with Crippen LogP contribution < -0.4 is 10.8 Å². The molecule has 2 aromatic rings. The Morgan fingerprint density at radius 2 is 2.07 bits per heavy atom. The molecule has 6 nitrogen and oxygen atoms in total. The average molecular weight is 446 g/mol. The standard InChI is InChI=1S/C19H21ClN4O2.2ClH/c20-17-10-15(6-7-18(25)23-26)11-21-19(17)22-16-8-9-24(13-16)12-14-4-2-1-3-5-14;;/h1-7,10-11,16,26H,8-9,12-13H2,(H,21,22)(H,23,25);2*1H/b7-6+;;/t16-;;/m0../s1. The minimum Gasteiger partial charge on any atom is -0.365 e. The lowest BCUT2D eigenvalue weighted by Gasteiger charge is -2.17. The van der Waals surface area contributed by atoms with E-state index in [9.17, 15) is 4.79 Å². The molecule has 0 saturated carbocycles. The van der Waals surface area contributed by atoms with Crippen molar-refractivity contribution < 1.29 is 10.0 Å². The first kappa shape index (κ1) is 24.2. The number of hydrogen-bond donors (Lipinski definition) is 3. The lowest BCUT2D eigenvalue weighted by molar-refractivity contribution is -0.124. The van der Waals surface area contributed by atoms with Crippen molar-refractivity contribution in [3.8, 4) is 0 Å². The summed E-state index contributed by atoms with van der Waals surface area (Å²) in [6.07, 6.45) is 5.40. The lowest BCUT2D eigenvalue weighted by Crippen LogP contribution is -2.26. The number of aromatic nitrogens is 1. The third kappa shape index (κ3) is 6.96. The van der Waals surface area contributed by atoms with Crippen molar-refractivity contribution in [3.63, 3.8) is 0 Å². The Hall–Kier alpha value is -1.83. The van der Waals surface area contributed by atoms with Crippen LogP contribution in [0.15, 0.2) is 48.7 Å². The van der Waals surface area contributed by atoms with E-state index < -0.39 is 5.91 Å². The number of hydrogen-bond acceptors (Lipinski definition) is 5. The molecule has 28 heavy (non-hydrogen) atoms. The monoisotopic (exact) mass is 444 g/mol. The topological polar surface area (TPSA) is 77.5 Å². The summed E-state index contributed by atoms with van der Waals surface area (Å²) in [5.74, 6) is 0.0368. The maximum Gasteiger partial charge on any atom is 0.267 e. The van der Waals surface area contributed by atoms with Gasteiger partial charge in [-0.2, -0.15) is 0 Å². The highest BCUT2D eigenvalue weighted by Gasteiger charge is 2.23. The van der Waals surface area contributed by atoms with Gasteiger partial charge in [-0.3, -0.25) is 14.9 Å². The highest BCUT2D eigenvalue weighted by Crippen LogP contribution is 2.24. The number of nitrogens with one attached hydrogen (secondary N) is 2. The molecule has 0 unspecified atom stereocenters. The number of likely N-dealkylation sites (tertiary alicyclic amines) is 1. The molecule has 1 amide bonds. The molecule has 152 valence electrons. The smallest absolute Gasteiger partial charge is 0.267 e. The second-order valence-electron chi connectivity index (χ2n) is 6.26. The van der Waals surface area contributed by atoms with Gasteiger partial charge in [0.05, 0.1) is 5.02 Å². The van der Waals surface area contributed by atoms with E-state index in [-0.39, 0.29) is 24.8 Å². The molecule has 1 aromatic heterocycles. The summed E-state index contributed by atoms with van der Waals surface area (Å²) in [5, 5.41) is 12.4. The predicted molar refractivity (Wildman–Crippen MR) is 116 cm³/mol. The zero-order valence-corrected chi connectivity index (χ0v) is 17.4. The number of pyridine rings is 1. The van der Waals surface area contributed by atoms with Gasteiger partial charge in [0.2, 0.25) is 0 Å². The van der Waals surface area contributed by atoms with Crippen LogP contribution in [0, 0.1) is 0 Å². The van der Waals surface area contributed by atoms with Crippen LogP contribution in [0.1, 0.15) is 17.5 Å². The fraction of sp³-hybridized carbons (Fsp3) is 0.263. The fourth-order valence-electron chi connectivity index (χ4n) is 2.99. The Labute approximate surface area is 181 Å². The molecule has 1 aromatic carbocycles. The summed E-state index contributed by atoms with van der Waals surface area (Å²) in [6.45, 7) is 2.91. The molecule has 3 N–H and O–H groups in total. The molecular formula is C19H23Cl3N4O2. The highest BCUT2D eigenvalue weighted by atomic mass is 35.5. The summed E-state index contributed by atoms with van der Waals surface area (Å²) in [5.41, 5.74) is 3.53. The molecule has 1 aliphatic rings. The van der Waals surface area contributed by atoms with Crippen LogP contribution in [0.4, 0.5) is 5.82 Å². The minimum atomic E-state index is -0.604. The van der Waals surface area contributed by atoms with Gasteiger partial charge >= 0.3 is 0 Å². The third-order valence-corrected chi connectivity index (χ3v) is 4.55. The number of amides is 1. The van der Waals surface area contributed by atoms with E-state index in [0.29, 0.717) is 22.4 Å². The van der Waals surface area contributed by atoms with E-state index in [4.69, 9.17) is 16.8 Å². The zero-order chi connectivity index (χ0) is 18.4. The van der Waals surface area contributed by atoms with Gasteiger partial charge in [-0.1, -0.05) is 41.9 Å². The maximum absolute atomic E-state index is 11.0. The first-order valence-electron chi connectivity index (χ1n) is 8.44. The van der Waals surface area contributed by atoms with Crippen LogP contribution in [0.25, 0.3) is 6.08 Å². The Morgan fingerprint density at radius 3 is 2.75 bits per heavy atom. The molecule has 1 fully saturated rings. The Bertz CT molecular complexity index is 790. The van der Waals surface area contributed by atoms with E-state index in [1.54, 1.807) is 12.3 Å². The van der Waals surface area contributed by atoms with E-state index in [0.717, 1.165) is 26.1 Å². The van der Waals surface area contributed by atoms with E-state index in [1.807, 2.05) is 6.07 Å². The molecule has 0 radical (unpaired) electrons. The van der Waals surface area contributed by atoms with Gasteiger partial charge in [0.15, 0.2) is 0 Å². The van der Waals surface area contributed by atoms with Gasteiger partial charge < -0.3 is 5.32 Å². The molecule has 0 aliphatic carbocycles. The molecule has 2 heterocycles. The zero-order valence-electron chi connectivity index (χ0n) is 15.0. The molecule has 9 heteroatoms. The van der Waals surface area contributed by atoms with E-state index >= 15 is 0 Å². The van der Waals surface area contributed by atoms with Crippen LogP contribution in [0.3, 0.4) is 0 Å². The SMILES string of the molecule is Cl.Cl.O=C(/C=C/c1cnc(N[C@H]2CCN(Cc3ccccc3)C2)c(Cl)c1)NO. The van der Waals surface area contributed by atoms with Crippen molar-refractivity contribution >= 4 is 54.2 Å². The molecule has 1 atom stereocenters. The quantitative estimate of drug-likeness (QED) is 0.358. The largest absolute Gasteiger partial charge is 0.365 e. The first-order valence-corrected chi connectivity index (χ1v) is 8.82. The lowest BCUT2D eigenvalue weighted by atomic mass is 10.2. The fourth-order valence-corrected chi connectivity index (χ4v) is 3.22. The Morgan fingerprint density at radius 1 is 1.32 bits per heavy atom. The Kier molecular flexibility index (Phi) is 10.3. The molecule has 0 spiro atoms. The number of rotatable bonds is 6. The summed E-state index contributed by atoms with van der Waals surface area (Å²) in [4.78, 5) is 17.8. The molecule has 1 aliphatic heterocycles. The number of halogens is 3. The van der Waals surface area contributed by atoms with Crippen molar-refractivity contribution in [2.75, 3.05) is 18.4 Å². The predicted octanol–water partition coefficient (Wildman–Crippen LogP) is 3.78. The molecule has 1 saturated heterocycles. The van der Waals surface area contributed by atoms with Gasteiger partial charge in [0, 0.05) is 37.9 Å². The summed E-state index contributed by atoms with van der Waals surface area (Å²) in [7, 11) is 0. The molecular weight excluding hydrogens is 423 g/mol. The number of anilines is 1. The highest BCUT2D eigenvalue weighted by molar-refractivity contribution is 6.33. The van der Waals surface area contributed by atoms with Crippen molar-refractivity contribution in [3.05, 3.63) is 64.8 Å². The maximum atomic E-state index is 11.0. The number of benzene rings is 1. The number of carbonyl (C=O) groups is 1. The summed E-state index contributed by atoms with van der Waals surface area (Å²) in [6, 6.07) is 12.5. The van der Waals surface area contributed by atoms with E-state index in [2.05, 4.69) is 39.5 Å². The number of nitrogens with zero attached hydrogens (tertiary/aromatic N) is 2. The Balaban J connectivity index is 0.00000196. The van der Waals surface area contributed by atoms with Crippen LogP contribution in [0.5, 0.6) is 0 Å². The second kappa shape index (κ2) is 11.9. The van der Waals surface area contributed by atoms with Crippen LogP contribution in [-0.4, -0.2) is 40.1 Å². The average Bonchev–Trinajstić information content (AvgIpc) is 3.09. The third-order valence-electron chi connectivity index (χ3n) is 4.26. The van der Waals surface area contributed by atoms with Crippen LogP contribution >= 0.6 is 36.4 Å². The van der Waals surface area contributed by atoms with Gasteiger partial charge in [-0.05, 0) is 29.7 Å². The van der Waals surface area contributed by atoms with Gasteiger partial charge in [0.25, 0.3) is 5.91 Å². The molecule has 0 bridgehead atoms. The number of carbonyl (C=O) groups excluding carboxylic acids is 1. The van der Waals surface area contributed by atoms with Crippen molar-refractivity contribution in [1.82, 2.24) is 15.4 Å². The summed E-state index contributed by atoms with van der Waals surface area (Å²) < 4.78 is 0. The van der Waals surface area contributed by atoms with Crippen LogP contribution in [-0.2, 0) is 11.3 Å². The normalized spacial score (nSPS) is 16.3. The van der Waals surface area contributed by atoms with Crippen molar-refractivity contribution in [1.29, 1.82) is 0 Å². The number of hydroxylamine groups is 1.